The highest BCUT2D eigenvalue weighted by Crippen LogP contribution is 2.26. The Bertz CT molecular complexity index is 558. The molecule has 1 nitrogen and oxygen atoms in total. The molecule has 106 valence electrons. The molecule has 0 saturated carbocycles. The minimum atomic E-state index is -1.06. The Morgan fingerprint density at radius 1 is 1.05 bits per heavy atom. The van der Waals surface area contributed by atoms with Crippen molar-refractivity contribution >= 4 is 0 Å². The van der Waals surface area contributed by atoms with Crippen LogP contribution in [-0.2, 0) is 18.4 Å². The zero-order valence-electron chi connectivity index (χ0n) is 12.1. The summed E-state index contributed by atoms with van der Waals surface area (Å²) < 4.78 is 13.7. The Morgan fingerprint density at radius 2 is 1.70 bits per heavy atom. The molecule has 0 saturated heterocycles. The van der Waals surface area contributed by atoms with Gasteiger partial charge in [-0.05, 0) is 36.1 Å². The van der Waals surface area contributed by atoms with E-state index < -0.39 is 5.60 Å². The van der Waals surface area contributed by atoms with Gasteiger partial charge in [-0.15, -0.1) is 0 Å². The van der Waals surface area contributed by atoms with E-state index in [-0.39, 0.29) is 12.2 Å². The molecule has 2 aromatic carbocycles. The molecular formula is C18H21FO. The summed E-state index contributed by atoms with van der Waals surface area (Å²) in [5.41, 5.74) is 1.56. The van der Waals surface area contributed by atoms with Crippen molar-refractivity contribution in [1.82, 2.24) is 0 Å². The molecule has 2 rings (SSSR count). The molecule has 0 spiro atoms. The molecule has 1 atom stereocenters. The van der Waals surface area contributed by atoms with Gasteiger partial charge in [-0.2, -0.15) is 0 Å². The van der Waals surface area contributed by atoms with Gasteiger partial charge in [0.1, 0.15) is 5.82 Å². The number of benzene rings is 2. The first-order valence-corrected chi connectivity index (χ1v) is 7.08. The maximum Gasteiger partial charge on any atom is 0.126 e. The Balaban J connectivity index is 2.19. The van der Waals surface area contributed by atoms with Gasteiger partial charge in [0.05, 0.1) is 5.60 Å². The fraction of sp³-hybridized carbons (Fsp3) is 0.333. The van der Waals surface area contributed by atoms with Crippen molar-refractivity contribution in [1.29, 1.82) is 0 Å². The quantitative estimate of drug-likeness (QED) is 0.863. The summed E-state index contributed by atoms with van der Waals surface area (Å²) in [7, 11) is 0. The second-order valence-electron chi connectivity index (χ2n) is 5.49. The standard InChI is InChI=1S/C18H21FO/c1-3-6-14-9-11-16(12-10-14)18(2,20)13-15-7-4-5-8-17(15)19/h4-5,7-12,20H,3,6,13H2,1-2H3. The fourth-order valence-corrected chi connectivity index (χ4v) is 2.43. The Morgan fingerprint density at radius 3 is 2.30 bits per heavy atom. The lowest BCUT2D eigenvalue weighted by Gasteiger charge is -2.24. The van der Waals surface area contributed by atoms with Gasteiger partial charge < -0.3 is 5.11 Å². The van der Waals surface area contributed by atoms with E-state index in [9.17, 15) is 9.50 Å². The van der Waals surface area contributed by atoms with Gasteiger partial charge in [-0.1, -0.05) is 55.8 Å². The van der Waals surface area contributed by atoms with E-state index in [0.717, 1.165) is 18.4 Å². The number of hydrogen-bond acceptors (Lipinski definition) is 1. The molecular weight excluding hydrogens is 251 g/mol. The molecule has 0 radical (unpaired) electrons. The van der Waals surface area contributed by atoms with Crippen LogP contribution in [0, 0.1) is 5.82 Å². The monoisotopic (exact) mass is 272 g/mol. The van der Waals surface area contributed by atoms with Gasteiger partial charge >= 0.3 is 0 Å². The minimum absolute atomic E-state index is 0.268. The van der Waals surface area contributed by atoms with Gasteiger partial charge in [0.15, 0.2) is 0 Å². The van der Waals surface area contributed by atoms with Crippen molar-refractivity contribution in [2.24, 2.45) is 0 Å². The van der Waals surface area contributed by atoms with Crippen LogP contribution in [0.2, 0.25) is 0 Å². The molecule has 0 aliphatic heterocycles. The molecule has 0 bridgehead atoms. The highest BCUT2D eigenvalue weighted by Gasteiger charge is 2.24. The second-order valence-corrected chi connectivity index (χ2v) is 5.49. The summed E-state index contributed by atoms with van der Waals surface area (Å²) in [5, 5.41) is 10.6. The summed E-state index contributed by atoms with van der Waals surface area (Å²) in [6.07, 6.45) is 2.41. The Hall–Kier alpha value is -1.67. The van der Waals surface area contributed by atoms with Gasteiger partial charge in [0.2, 0.25) is 0 Å². The Labute approximate surface area is 120 Å². The van der Waals surface area contributed by atoms with E-state index in [1.165, 1.54) is 11.6 Å². The molecule has 20 heavy (non-hydrogen) atoms. The molecule has 0 heterocycles. The van der Waals surface area contributed by atoms with Crippen LogP contribution in [-0.4, -0.2) is 5.11 Å². The third-order valence-electron chi connectivity index (χ3n) is 3.61. The summed E-state index contributed by atoms with van der Waals surface area (Å²) in [6, 6.07) is 14.5. The van der Waals surface area contributed by atoms with Gasteiger partial charge in [0, 0.05) is 6.42 Å². The predicted molar refractivity (Wildman–Crippen MR) is 80.1 cm³/mol. The van der Waals surface area contributed by atoms with Crippen molar-refractivity contribution in [3.63, 3.8) is 0 Å². The van der Waals surface area contributed by atoms with Gasteiger partial charge in [-0.25, -0.2) is 4.39 Å². The smallest absolute Gasteiger partial charge is 0.126 e. The molecule has 2 heteroatoms. The molecule has 2 aromatic rings. The molecule has 0 aromatic heterocycles. The van der Waals surface area contributed by atoms with E-state index in [1.807, 2.05) is 24.3 Å². The third kappa shape index (κ3) is 3.45. The number of hydrogen-bond donors (Lipinski definition) is 1. The highest BCUT2D eigenvalue weighted by molar-refractivity contribution is 5.29. The predicted octanol–water partition coefficient (Wildman–Crippen LogP) is 4.23. The maximum atomic E-state index is 13.7. The normalized spacial score (nSPS) is 14.0. The van der Waals surface area contributed by atoms with E-state index >= 15 is 0 Å². The maximum absolute atomic E-state index is 13.7. The zero-order chi connectivity index (χ0) is 14.6. The highest BCUT2D eigenvalue weighted by atomic mass is 19.1. The summed E-state index contributed by atoms with van der Waals surface area (Å²) in [4.78, 5) is 0. The van der Waals surface area contributed by atoms with Crippen molar-refractivity contribution in [3.8, 4) is 0 Å². The molecule has 1 N–H and O–H groups in total. The van der Waals surface area contributed by atoms with Crippen LogP contribution in [0.15, 0.2) is 48.5 Å². The summed E-state index contributed by atoms with van der Waals surface area (Å²) >= 11 is 0. The van der Waals surface area contributed by atoms with Crippen LogP contribution in [0.25, 0.3) is 0 Å². The first-order valence-electron chi connectivity index (χ1n) is 7.08. The fourth-order valence-electron chi connectivity index (χ4n) is 2.43. The first-order chi connectivity index (χ1) is 9.53. The largest absolute Gasteiger partial charge is 0.385 e. The lowest BCUT2D eigenvalue weighted by molar-refractivity contribution is 0.0567. The van der Waals surface area contributed by atoms with E-state index in [1.54, 1.807) is 25.1 Å². The average molecular weight is 272 g/mol. The van der Waals surface area contributed by atoms with E-state index in [0.29, 0.717) is 5.56 Å². The van der Waals surface area contributed by atoms with Crippen molar-refractivity contribution in [2.75, 3.05) is 0 Å². The third-order valence-corrected chi connectivity index (χ3v) is 3.61. The summed E-state index contributed by atoms with van der Waals surface area (Å²) in [6.45, 7) is 3.87. The van der Waals surface area contributed by atoms with E-state index in [4.69, 9.17) is 0 Å². The van der Waals surface area contributed by atoms with Crippen LogP contribution in [0.1, 0.15) is 37.0 Å². The van der Waals surface area contributed by atoms with Crippen molar-refractivity contribution in [2.45, 2.75) is 38.7 Å². The van der Waals surface area contributed by atoms with Gasteiger partial charge in [0.25, 0.3) is 0 Å². The van der Waals surface area contributed by atoms with Crippen LogP contribution in [0.5, 0.6) is 0 Å². The summed E-state index contributed by atoms with van der Waals surface area (Å²) in [5.74, 6) is -0.268. The topological polar surface area (TPSA) is 20.2 Å². The lowest BCUT2D eigenvalue weighted by Crippen LogP contribution is -2.24. The minimum Gasteiger partial charge on any atom is -0.385 e. The number of aliphatic hydroxyl groups is 1. The first kappa shape index (κ1) is 14.7. The molecule has 0 amide bonds. The molecule has 1 unspecified atom stereocenters. The molecule has 0 aliphatic rings. The Kier molecular flexibility index (Phi) is 4.56. The molecule has 0 fully saturated rings. The van der Waals surface area contributed by atoms with Gasteiger partial charge in [-0.3, -0.25) is 0 Å². The van der Waals surface area contributed by atoms with Crippen molar-refractivity contribution in [3.05, 3.63) is 71.0 Å². The molecule has 0 aliphatic carbocycles. The zero-order valence-corrected chi connectivity index (χ0v) is 12.1. The van der Waals surface area contributed by atoms with E-state index in [2.05, 4.69) is 6.92 Å². The van der Waals surface area contributed by atoms with Crippen molar-refractivity contribution < 1.29 is 9.50 Å². The van der Waals surface area contributed by atoms with Crippen LogP contribution < -0.4 is 0 Å². The van der Waals surface area contributed by atoms with Crippen LogP contribution in [0.3, 0.4) is 0 Å². The number of aryl methyl sites for hydroxylation is 1. The number of halogens is 1. The SMILES string of the molecule is CCCc1ccc(C(C)(O)Cc2ccccc2F)cc1. The van der Waals surface area contributed by atoms with Crippen LogP contribution >= 0.6 is 0 Å². The van der Waals surface area contributed by atoms with Crippen LogP contribution in [0.4, 0.5) is 4.39 Å². The average Bonchev–Trinajstić information content (AvgIpc) is 2.42. The number of rotatable bonds is 5. The lowest BCUT2D eigenvalue weighted by atomic mass is 9.88. The second kappa shape index (κ2) is 6.19.